The van der Waals surface area contributed by atoms with Gasteiger partial charge in [0, 0.05) is 18.7 Å². The number of para-hydroxylation sites is 1. The highest BCUT2D eigenvalue weighted by Crippen LogP contribution is 2.41. The van der Waals surface area contributed by atoms with Crippen molar-refractivity contribution in [1.29, 1.82) is 0 Å². The summed E-state index contributed by atoms with van der Waals surface area (Å²) in [5.74, 6) is 0.371. The molecule has 3 heteroatoms. The molecule has 2 N–H and O–H groups in total. The van der Waals surface area contributed by atoms with E-state index in [0.717, 1.165) is 12.1 Å². The predicted octanol–water partition coefficient (Wildman–Crippen LogP) is 3.36. The SMILES string of the molecule is Oc1ccccc1CNCC1CCC2(CCCCC2)O1. The fourth-order valence-corrected chi connectivity index (χ4v) is 3.63. The highest BCUT2D eigenvalue weighted by atomic mass is 16.5. The second kappa shape index (κ2) is 6.15. The molecule has 20 heavy (non-hydrogen) atoms. The number of hydrogen-bond acceptors (Lipinski definition) is 3. The first-order valence-corrected chi connectivity index (χ1v) is 7.93. The summed E-state index contributed by atoms with van der Waals surface area (Å²) in [7, 11) is 0. The molecule has 1 spiro atoms. The maximum atomic E-state index is 9.73. The molecule has 1 aromatic carbocycles. The van der Waals surface area contributed by atoms with Crippen LogP contribution in [-0.2, 0) is 11.3 Å². The van der Waals surface area contributed by atoms with Gasteiger partial charge in [0.25, 0.3) is 0 Å². The summed E-state index contributed by atoms with van der Waals surface area (Å²) in [6, 6.07) is 7.51. The number of nitrogens with one attached hydrogen (secondary N) is 1. The van der Waals surface area contributed by atoms with Gasteiger partial charge in [-0.2, -0.15) is 0 Å². The maximum absolute atomic E-state index is 9.73. The summed E-state index contributed by atoms with van der Waals surface area (Å²) in [6.45, 7) is 1.59. The summed E-state index contributed by atoms with van der Waals surface area (Å²) < 4.78 is 6.33. The van der Waals surface area contributed by atoms with Gasteiger partial charge in [0.2, 0.25) is 0 Å². The lowest BCUT2D eigenvalue weighted by Gasteiger charge is -2.33. The quantitative estimate of drug-likeness (QED) is 0.885. The van der Waals surface area contributed by atoms with Crippen molar-refractivity contribution in [1.82, 2.24) is 5.32 Å². The van der Waals surface area contributed by atoms with Crippen molar-refractivity contribution >= 4 is 0 Å². The molecule has 1 aliphatic carbocycles. The molecule has 0 bridgehead atoms. The third kappa shape index (κ3) is 3.15. The molecule has 1 heterocycles. The van der Waals surface area contributed by atoms with Crippen molar-refractivity contribution < 1.29 is 9.84 Å². The van der Waals surface area contributed by atoms with Crippen LogP contribution in [0.2, 0.25) is 0 Å². The molecule has 2 aliphatic rings. The lowest BCUT2D eigenvalue weighted by Crippen LogP contribution is -2.34. The largest absolute Gasteiger partial charge is 0.508 e. The molecule has 1 atom stereocenters. The molecule has 2 fully saturated rings. The fourth-order valence-electron chi connectivity index (χ4n) is 3.63. The third-order valence-corrected chi connectivity index (χ3v) is 4.78. The molecule has 0 radical (unpaired) electrons. The topological polar surface area (TPSA) is 41.5 Å². The molecule has 1 saturated carbocycles. The normalized spacial score (nSPS) is 25.1. The Bertz CT molecular complexity index is 440. The van der Waals surface area contributed by atoms with Gasteiger partial charge in [-0.3, -0.25) is 0 Å². The summed E-state index contributed by atoms with van der Waals surface area (Å²) >= 11 is 0. The van der Waals surface area contributed by atoms with Crippen LogP contribution in [0.25, 0.3) is 0 Å². The summed E-state index contributed by atoms with van der Waals surface area (Å²) in [4.78, 5) is 0. The van der Waals surface area contributed by atoms with E-state index in [1.54, 1.807) is 6.07 Å². The Hall–Kier alpha value is -1.06. The van der Waals surface area contributed by atoms with Crippen LogP contribution >= 0.6 is 0 Å². The minimum absolute atomic E-state index is 0.208. The van der Waals surface area contributed by atoms with Crippen LogP contribution in [0.15, 0.2) is 24.3 Å². The number of phenols is 1. The van der Waals surface area contributed by atoms with E-state index in [4.69, 9.17) is 4.74 Å². The molecule has 3 nitrogen and oxygen atoms in total. The first-order chi connectivity index (χ1) is 9.77. The van der Waals surface area contributed by atoms with Gasteiger partial charge < -0.3 is 15.2 Å². The first kappa shape index (κ1) is 13.9. The van der Waals surface area contributed by atoms with E-state index >= 15 is 0 Å². The Labute approximate surface area is 121 Å². The van der Waals surface area contributed by atoms with Crippen molar-refractivity contribution in [3.63, 3.8) is 0 Å². The monoisotopic (exact) mass is 275 g/mol. The van der Waals surface area contributed by atoms with Gasteiger partial charge in [0.15, 0.2) is 0 Å². The third-order valence-electron chi connectivity index (χ3n) is 4.78. The highest BCUT2D eigenvalue weighted by molar-refractivity contribution is 5.31. The Morgan fingerprint density at radius 1 is 1.15 bits per heavy atom. The highest BCUT2D eigenvalue weighted by Gasteiger charge is 2.40. The van der Waals surface area contributed by atoms with Crippen LogP contribution in [-0.4, -0.2) is 23.4 Å². The van der Waals surface area contributed by atoms with E-state index < -0.39 is 0 Å². The molecule has 0 aromatic heterocycles. The summed E-state index contributed by atoms with van der Waals surface area (Å²) in [6.07, 6.45) is 9.30. The minimum atomic E-state index is 0.208. The van der Waals surface area contributed by atoms with Gasteiger partial charge in [-0.15, -0.1) is 0 Å². The molecule has 1 unspecified atom stereocenters. The lowest BCUT2D eigenvalue weighted by molar-refractivity contribution is -0.0624. The molecule has 0 amide bonds. The van der Waals surface area contributed by atoms with Crippen LogP contribution in [0.4, 0.5) is 0 Å². The second-order valence-corrected chi connectivity index (χ2v) is 6.28. The minimum Gasteiger partial charge on any atom is -0.508 e. The number of ether oxygens (including phenoxy) is 1. The molecular weight excluding hydrogens is 250 g/mol. The molecule has 1 saturated heterocycles. The van der Waals surface area contributed by atoms with Gasteiger partial charge in [-0.05, 0) is 31.7 Å². The van der Waals surface area contributed by atoms with Crippen molar-refractivity contribution in [3.8, 4) is 5.75 Å². The Balaban J connectivity index is 1.45. The summed E-state index contributed by atoms with van der Waals surface area (Å²) in [5, 5.41) is 13.2. The number of aromatic hydroxyl groups is 1. The van der Waals surface area contributed by atoms with Gasteiger partial charge >= 0.3 is 0 Å². The second-order valence-electron chi connectivity index (χ2n) is 6.28. The van der Waals surface area contributed by atoms with E-state index in [9.17, 15) is 5.11 Å². The van der Waals surface area contributed by atoms with Crippen molar-refractivity contribution in [3.05, 3.63) is 29.8 Å². The van der Waals surface area contributed by atoms with Crippen LogP contribution in [0.3, 0.4) is 0 Å². The van der Waals surface area contributed by atoms with E-state index in [2.05, 4.69) is 5.32 Å². The van der Waals surface area contributed by atoms with Crippen LogP contribution in [0.1, 0.15) is 50.5 Å². The average Bonchev–Trinajstić information content (AvgIpc) is 2.85. The van der Waals surface area contributed by atoms with Crippen LogP contribution in [0, 0.1) is 0 Å². The average molecular weight is 275 g/mol. The Morgan fingerprint density at radius 2 is 1.95 bits per heavy atom. The van der Waals surface area contributed by atoms with Gasteiger partial charge in [-0.1, -0.05) is 37.5 Å². The van der Waals surface area contributed by atoms with Crippen molar-refractivity contribution in [2.45, 2.75) is 63.2 Å². The van der Waals surface area contributed by atoms with Gasteiger partial charge in [-0.25, -0.2) is 0 Å². The number of phenolic OH excluding ortho intramolecular Hbond substituents is 1. The zero-order valence-corrected chi connectivity index (χ0v) is 12.1. The zero-order chi connectivity index (χ0) is 13.8. The first-order valence-electron chi connectivity index (χ1n) is 7.93. The van der Waals surface area contributed by atoms with E-state index in [1.165, 1.54) is 44.9 Å². The summed E-state index contributed by atoms with van der Waals surface area (Å²) in [5.41, 5.74) is 1.16. The lowest BCUT2D eigenvalue weighted by atomic mass is 9.83. The van der Waals surface area contributed by atoms with E-state index in [1.807, 2.05) is 18.2 Å². The number of hydrogen-bond donors (Lipinski definition) is 2. The molecule has 1 aliphatic heterocycles. The van der Waals surface area contributed by atoms with Crippen molar-refractivity contribution in [2.75, 3.05) is 6.54 Å². The number of rotatable bonds is 4. The van der Waals surface area contributed by atoms with Gasteiger partial charge in [0.1, 0.15) is 5.75 Å². The zero-order valence-electron chi connectivity index (χ0n) is 12.1. The van der Waals surface area contributed by atoms with Crippen molar-refractivity contribution in [2.24, 2.45) is 0 Å². The van der Waals surface area contributed by atoms with E-state index in [-0.39, 0.29) is 5.60 Å². The molecule has 110 valence electrons. The van der Waals surface area contributed by atoms with Crippen LogP contribution in [0.5, 0.6) is 5.75 Å². The number of benzene rings is 1. The Morgan fingerprint density at radius 3 is 2.75 bits per heavy atom. The fraction of sp³-hybridized carbons (Fsp3) is 0.647. The van der Waals surface area contributed by atoms with Gasteiger partial charge in [0.05, 0.1) is 11.7 Å². The standard InChI is InChI=1S/C17H25NO2/c19-16-7-3-2-6-14(16)12-18-13-15-8-11-17(20-15)9-4-1-5-10-17/h2-3,6-7,15,18-19H,1,4-5,8-13H2. The molecule has 1 aromatic rings. The predicted molar refractivity (Wildman–Crippen MR) is 79.7 cm³/mol. The van der Waals surface area contributed by atoms with Crippen LogP contribution < -0.4 is 5.32 Å². The van der Waals surface area contributed by atoms with E-state index in [0.29, 0.717) is 18.4 Å². The smallest absolute Gasteiger partial charge is 0.120 e. The maximum Gasteiger partial charge on any atom is 0.120 e. The molecular formula is C17H25NO2. The molecule has 3 rings (SSSR count). The Kier molecular flexibility index (Phi) is 4.27.